The molecule has 0 fully saturated rings. The van der Waals surface area contributed by atoms with E-state index in [9.17, 15) is 0 Å². The zero-order chi connectivity index (χ0) is 10.1. The highest BCUT2D eigenvalue weighted by molar-refractivity contribution is 5.45. The van der Waals surface area contributed by atoms with Crippen molar-refractivity contribution < 1.29 is 0 Å². The van der Waals surface area contributed by atoms with Gasteiger partial charge in [-0.05, 0) is 25.2 Å². The van der Waals surface area contributed by atoms with Gasteiger partial charge in [0, 0.05) is 0 Å². The first kappa shape index (κ1) is 8.95. The number of nitriles is 1. The number of aryl methyl sites for hydroxylation is 1. The number of hydrogen-bond acceptors (Lipinski definition) is 4. The highest BCUT2D eigenvalue weighted by Gasteiger charge is 2.19. The molecule has 0 spiro atoms. The molecule has 1 aliphatic rings. The summed E-state index contributed by atoms with van der Waals surface area (Å²) in [5, 5.41) is 8.74. The summed E-state index contributed by atoms with van der Waals surface area (Å²) in [4.78, 5) is 8.44. The van der Waals surface area contributed by atoms with Crippen molar-refractivity contribution in [3.05, 3.63) is 17.1 Å². The van der Waals surface area contributed by atoms with Crippen molar-refractivity contribution in [3.63, 3.8) is 0 Å². The lowest BCUT2D eigenvalue weighted by Gasteiger charge is -2.19. The second kappa shape index (κ2) is 3.26. The molecule has 1 aliphatic carbocycles. The Labute approximate surface area is 82.8 Å². The van der Waals surface area contributed by atoms with Gasteiger partial charge in [-0.1, -0.05) is 6.92 Å². The molecule has 1 aromatic heterocycles. The maximum Gasteiger partial charge on any atom is 0.183 e. The smallest absolute Gasteiger partial charge is 0.183 e. The molecule has 2 rings (SSSR count). The fourth-order valence-corrected chi connectivity index (χ4v) is 1.78. The first-order valence-corrected chi connectivity index (χ1v) is 4.76. The molecule has 0 radical (unpaired) electrons. The van der Waals surface area contributed by atoms with Gasteiger partial charge in [-0.25, -0.2) is 9.97 Å². The number of aromatic nitrogens is 2. The van der Waals surface area contributed by atoms with E-state index >= 15 is 0 Å². The van der Waals surface area contributed by atoms with E-state index in [1.54, 1.807) is 0 Å². The van der Waals surface area contributed by atoms with E-state index in [4.69, 9.17) is 11.0 Å². The summed E-state index contributed by atoms with van der Waals surface area (Å²) in [7, 11) is 0. The summed E-state index contributed by atoms with van der Waals surface area (Å²) < 4.78 is 0. The van der Waals surface area contributed by atoms with Crippen molar-refractivity contribution in [1.82, 2.24) is 9.97 Å². The second-order valence-corrected chi connectivity index (χ2v) is 3.81. The van der Waals surface area contributed by atoms with E-state index in [0.717, 1.165) is 30.7 Å². The van der Waals surface area contributed by atoms with Crippen LogP contribution < -0.4 is 5.73 Å². The van der Waals surface area contributed by atoms with Crippen molar-refractivity contribution in [1.29, 1.82) is 5.26 Å². The molecule has 2 N–H and O–H groups in total. The van der Waals surface area contributed by atoms with Crippen molar-refractivity contribution in [2.24, 2.45) is 5.92 Å². The maximum atomic E-state index is 8.74. The van der Waals surface area contributed by atoms with Crippen molar-refractivity contribution in [2.75, 3.05) is 5.73 Å². The molecule has 0 amide bonds. The van der Waals surface area contributed by atoms with E-state index in [-0.39, 0.29) is 11.5 Å². The highest BCUT2D eigenvalue weighted by Crippen LogP contribution is 2.23. The predicted molar refractivity (Wildman–Crippen MR) is 52.3 cm³/mol. The van der Waals surface area contributed by atoms with Crippen LogP contribution in [0.3, 0.4) is 0 Å². The summed E-state index contributed by atoms with van der Waals surface area (Å²) in [6.45, 7) is 2.19. The zero-order valence-electron chi connectivity index (χ0n) is 8.12. The van der Waals surface area contributed by atoms with E-state index in [2.05, 4.69) is 16.9 Å². The number of fused-ring (bicyclic) bond motifs is 1. The molecule has 1 atom stereocenters. The monoisotopic (exact) mass is 188 g/mol. The summed E-state index contributed by atoms with van der Waals surface area (Å²) >= 11 is 0. The van der Waals surface area contributed by atoms with Gasteiger partial charge in [0.15, 0.2) is 11.5 Å². The minimum atomic E-state index is 0.262. The van der Waals surface area contributed by atoms with Gasteiger partial charge in [0.1, 0.15) is 6.07 Å². The lowest BCUT2D eigenvalue weighted by atomic mass is 9.91. The Morgan fingerprint density at radius 1 is 1.43 bits per heavy atom. The molecular weight excluding hydrogens is 176 g/mol. The molecule has 0 bridgehead atoms. The van der Waals surface area contributed by atoms with Gasteiger partial charge in [-0.2, -0.15) is 5.26 Å². The van der Waals surface area contributed by atoms with Gasteiger partial charge in [-0.15, -0.1) is 0 Å². The van der Waals surface area contributed by atoms with Crippen LogP contribution in [0.2, 0.25) is 0 Å². The third kappa shape index (κ3) is 1.41. The van der Waals surface area contributed by atoms with Gasteiger partial charge in [0.05, 0.1) is 11.4 Å². The van der Waals surface area contributed by atoms with Crippen molar-refractivity contribution in [3.8, 4) is 6.07 Å². The average Bonchev–Trinajstić information content (AvgIpc) is 2.16. The average molecular weight is 188 g/mol. The number of nitrogens with zero attached hydrogens (tertiary/aromatic N) is 3. The SMILES string of the molecule is C[C@@H]1CCc2nc(C#N)c(N)nc2C1. The van der Waals surface area contributed by atoms with Crippen LogP contribution >= 0.6 is 0 Å². The summed E-state index contributed by atoms with van der Waals surface area (Å²) in [6, 6.07) is 1.96. The fourth-order valence-electron chi connectivity index (χ4n) is 1.78. The van der Waals surface area contributed by atoms with Crippen LogP contribution in [0.4, 0.5) is 5.82 Å². The van der Waals surface area contributed by atoms with Crippen LogP contribution in [-0.2, 0) is 12.8 Å². The first-order valence-electron chi connectivity index (χ1n) is 4.76. The molecule has 0 saturated carbocycles. The quantitative estimate of drug-likeness (QED) is 0.660. The van der Waals surface area contributed by atoms with Crippen LogP contribution in [0, 0.1) is 17.2 Å². The van der Waals surface area contributed by atoms with Crippen molar-refractivity contribution >= 4 is 5.82 Å². The molecule has 1 aromatic rings. The van der Waals surface area contributed by atoms with Crippen LogP contribution in [0.1, 0.15) is 30.4 Å². The molecule has 4 heteroatoms. The molecular formula is C10H12N4. The normalized spacial score (nSPS) is 19.9. The van der Waals surface area contributed by atoms with Gasteiger partial charge in [0.25, 0.3) is 0 Å². The van der Waals surface area contributed by atoms with Crippen LogP contribution in [0.25, 0.3) is 0 Å². The Hall–Kier alpha value is -1.63. The molecule has 0 saturated heterocycles. The van der Waals surface area contributed by atoms with E-state index < -0.39 is 0 Å². The third-order valence-electron chi connectivity index (χ3n) is 2.60. The molecule has 4 nitrogen and oxygen atoms in total. The van der Waals surface area contributed by atoms with Gasteiger partial charge >= 0.3 is 0 Å². The Morgan fingerprint density at radius 2 is 2.21 bits per heavy atom. The molecule has 0 aliphatic heterocycles. The first-order chi connectivity index (χ1) is 6.70. The van der Waals surface area contributed by atoms with Crippen molar-refractivity contribution in [2.45, 2.75) is 26.2 Å². The Morgan fingerprint density at radius 3 is 2.93 bits per heavy atom. The predicted octanol–water partition coefficient (Wildman–Crippen LogP) is 1.06. The second-order valence-electron chi connectivity index (χ2n) is 3.81. The van der Waals surface area contributed by atoms with E-state index in [1.165, 1.54) is 0 Å². The Balaban J connectivity index is 2.47. The van der Waals surface area contributed by atoms with Gasteiger partial charge < -0.3 is 5.73 Å². The number of hydrogen-bond donors (Lipinski definition) is 1. The number of anilines is 1. The fraction of sp³-hybridized carbons (Fsp3) is 0.500. The lowest BCUT2D eigenvalue weighted by molar-refractivity contribution is 0.484. The Bertz CT molecular complexity index is 405. The van der Waals surface area contributed by atoms with Gasteiger partial charge in [0.2, 0.25) is 0 Å². The largest absolute Gasteiger partial charge is 0.381 e. The zero-order valence-corrected chi connectivity index (χ0v) is 8.12. The van der Waals surface area contributed by atoms with Crippen LogP contribution in [0.5, 0.6) is 0 Å². The minimum absolute atomic E-state index is 0.262. The number of nitrogen functional groups attached to an aromatic ring is 1. The van der Waals surface area contributed by atoms with Crippen LogP contribution in [-0.4, -0.2) is 9.97 Å². The van der Waals surface area contributed by atoms with E-state index in [0.29, 0.717) is 5.92 Å². The Kier molecular flexibility index (Phi) is 2.08. The third-order valence-corrected chi connectivity index (χ3v) is 2.60. The molecule has 0 unspecified atom stereocenters. The molecule has 0 aromatic carbocycles. The standard InChI is InChI=1S/C10H12N4/c1-6-2-3-7-8(4-6)14-10(12)9(5-11)13-7/h6H,2-4H2,1H3,(H2,12,14)/t6-/m1/s1. The summed E-state index contributed by atoms with van der Waals surface area (Å²) in [5.41, 5.74) is 7.79. The number of nitrogens with two attached hydrogens (primary N) is 1. The minimum Gasteiger partial charge on any atom is -0.381 e. The van der Waals surface area contributed by atoms with Crippen LogP contribution in [0.15, 0.2) is 0 Å². The highest BCUT2D eigenvalue weighted by atomic mass is 14.9. The molecule has 14 heavy (non-hydrogen) atoms. The van der Waals surface area contributed by atoms with E-state index in [1.807, 2.05) is 6.07 Å². The molecule has 1 heterocycles. The summed E-state index contributed by atoms with van der Waals surface area (Å²) in [5.74, 6) is 0.907. The molecule has 72 valence electrons. The maximum absolute atomic E-state index is 8.74. The number of rotatable bonds is 0. The topological polar surface area (TPSA) is 75.6 Å². The lowest BCUT2D eigenvalue weighted by Crippen LogP contribution is -2.17. The van der Waals surface area contributed by atoms with Gasteiger partial charge in [-0.3, -0.25) is 0 Å². The summed E-state index contributed by atoms with van der Waals surface area (Å²) in [6.07, 6.45) is 2.97.